The number of benzene rings is 4. The quantitative estimate of drug-likeness (QED) is 0.348. The maximum absolute atomic E-state index is 12.6. The highest BCUT2D eigenvalue weighted by atomic mass is 32.2. The molecule has 0 saturated carbocycles. The second kappa shape index (κ2) is 10.2. The van der Waals surface area contributed by atoms with Crippen LogP contribution in [0.15, 0.2) is 108 Å². The van der Waals surface area contributed by atoms with Gasteiger partial charge in [-0.15, -0.1) is 0 Å². The molecule has 0 aliphatic carbocycles. The van der Waals surface area contributed by atoms with E-state index in [1.54, 1.807) is 72.8 Å². The van der Waals surface area contributed by atoms with E-state index in [1.807, 2.05) is 37.3 Å². The van der Waals surface area contributed by atoms with Gasteiger partial charge in [0.2, 0.25) is 0 Å². The van der Waals surface area contributed by atoms with Crippen molar-refractivity contribution in [1.29, 1.82) is 0 Å². The van der Waals surface area contributed by atoms with Crippen LogP contribution in [0.25, 0.3) is 0 Å². The van der Waals surface area contributed by atoms with Gasteiger partial charge in [0.25, 0.3) is 15.9 Å². The van der Waals surface area contributed by atoms with Crippen LogP contribution in [0, 0.1) is 6.92 Å². The van der Waals surface area contributed by atoms with E-state index in [2.05, 4.69) is 10.0 Å². The van der Waals surface area contributed by atoms with Gasteiger partial charge in [-0.1, -0.05) is 48.0 Å². The molecule has 0 aliphatic rings. The summed E-state index contributed by atoms with van der Waals surface area (Å²) in [6, 6.07) is 29.8. The van der Waals surface area contributed by atoms with Crippen LogP contribution in [0.1, 0.15) is 21.5 Å². The second-order valence-corrected chi connectivity index (χ2v) is 9.43. The first-order chi connectivity index (χ1) is 16.4. The zero-order chi connectivity index (χ0) is 24.0. The van der Waals surface area contributed by atoms with Gasteiger partial charge in [-0.2, -0.15) is 0 Å². The molecule has 7 heteroatoms. The number of hydrogen-bond donors (Lipinski definition) is 2. The van der Waals surface area contributed by atoms with E-state index in [0.717, 1.165) is 11.1 Å². The van der Waals surface area contributed by atoms with Crippen molar-refractivity contribution in [2.75, 3.05) is 10.0 Å². The molecule has 4 rings (SSSR count). The van der Waals surface area contributed by atoms with Crippen LogP contribution in [0.2, 0.25) is 0 Å². The number of anilines is 2. The van der Waals surface area contributed by atoms with Gasteiger partial charge in [-0.25, -0.2) is 8.42 Å². The summed E-state index contributed by atoms with van der Waals surface area (Å²) >= 11 is 0. The van der Waals surface area contributed by atoms with E-state index in [-0.39, 0.29) is 10.8 Å². The molecule has 34 heavy (non-hydrogen) atoms. The number of aryl methyl sites for hydroxylation is 1. The number of sulfonamides is 1. The van der Waals surface area contributed by atoms with Crippen LogP contribution >= 0.6 is 0 Å². The van der Waals surface area contributed by atoms with E-state index in [0.29, 0.717) is 29.3 Å². The maximum Gasteiger partial charge on any atom is 0.261 e. The second-order valence-electron chi connectivity index (χ2n) is 7.75. The van der Waals surface area contributed by atoms with Gasteiger partial charge in [0, 0.05) is 16.9 Å². The Hall–Kier alpha value is -4.10. The summed E-state index contributed by atoms with van der Waals surface area (Å²) in [5.41, 5.74) is 3.45. The van der Waals surface area contributed by atoms with Crippen molar-refractivity contribution < 1.29 is 17.9 Å². The van der Waals surface area contributed by atoms with Crippen LogP contribution in [-0.2, 0) is 16.6 Å². The van der Waals surface area contributed by atoms with Crippen molar-refractivity contribution in [1.82, 2.24) is 0 Å². The molecule has 1 amide bonds. The highest BCUT2D eigenvalue weighted by Crippen LogP contribution is 2.20. The molecule has 0 aliphatic heterocycles. The van der Waals surface area contributed by atoms with Gasteiger partial charge in [-0.3, -0.25) is 9.52 Å². The number of hydrogen-bond acceptors (Lipinski definition) is 4. The summed E-state index contributed by atoms with van der Waals surface area (Å²) in [5, 5.41) is 2.82. The van der Waals surface area contributed by atoms with Crippen molar-refractivity contribution in [3.05, 3.63) is 120 Å². The smallest absolute Gasteiger partial charge is 0.261 e. The fraction of sp³-hybridized carbons (Fsp3) is 0.0741. The molecule has 4 aromatic carbocycles. The Kier molecular flexibility index (Phi) is 6.94. The monoisotopic (exact) mass is 472 g/mol. The molecule has 4 aromatic rings. The lowest BCUT2D eigenvalue weighted by molar-refractivity contribution is 0.102. The van der Waals surface area contributed by atoms with Crippen molar-refractivity contribution in [3.63, 3.8) is 0 Å². The van der Waals surface area contributed by atoms with Crippen LogP contribution in [0.5, 0.6) is 5.75 Å². The van der Waals surface area contributed by atoms with Crippen molar-refractivity contribution in [3.8, 4) is 5.75 Å². The van der Waals surface area contributed by atoms with Gasteiger partial charge in [0.15, 0.2) is 0 Å². The SMILES string of the molecule is Cc1ccc(S(=O)(=O)Nc2ccc(C(=O)Nc3ccc(OCc4ccccc4)cc3)cc2)cc1. The molecule has 0 radical (unpaired) electrons. The van der Waals surface area contributed by atoms with Gasteiger partial charge in [0.05, 0.1) is 4.90 Å². The molecule has 0 saturated heterocycles. The van der Waals surface area contributed by atoms with Crippen molar-refractivity contribution >= 4 is 27.3 Å². The summed E-state index contributed by atoms with van der Waals surface area (Å²) in [5.74, 6) is 0.401. The molecule has 0 unspecified atom stereocenters. The zero-order valence-corrected chi connectivity index (χ0v) is 19.4. The van der Waals surface area contributed by atoms with E-state index in [4.69, 9.17) is 4.74 Å². The predicted molar refractivity (Wildman–Crippen MR) is 134 cm³/mol. The molecule has 6 nitrogen and oxygen atoms in total. The lowest BCUT2D eigenvalue weighted by Gasteiger charge is -2.10. The molecule has 0 heterocycles. The topological polar surface area (TPSA) is 84.5 Å². The van der Waals surface area contributed by atoms with Crippen LogP contribution in [0.4, 0.5) is 11.4 Å². The molecule has 172 valence electrons. The molecule has 0 atom stereocenters. The average Bonchev–Trinajstić information content (AvgIpc) is 2.85. The molecular weight excluding hydrogens is 448 g/mol. The Labute approximate surface area is 199 Å². The van der Waals surface area contributed by atoms with Crippen LogP contribution < -0.4 is 14.8 Å². The summed E-state index contributed by atoms with van der Waals surface area (Å²) < 4.78 is 33.3. The minimum absolute atomic E-state index is 0.177. The standard InChI is InChI=1S/C27H24N2O4S/c1-20-7-17-26(18-8-20)34(31,32)29-24-11-9-22(10-12-24)27(30)28-23-13-15-25(16-14-23)33-19-21-5-3-2-4-6-21/h2-18,29H,19H2,1H3,(H,28,30). The Morgan fingerprint density at radius 2 is 1.38 bits per heavy atom. The fourth-order valence-corrected chi connectivity index (χ4v) is 4.26. The van der Waals surface area contributed by atoms with Crippen LogP contribution in [0.3, 0.4) is 0 Å². The summed E-state index contributed by atoms with van der Waals surface area (Å²) in [4.78, 5) is 12.8. The Balaban J connectivity index is 1.34. The third-order valence-corrected chi connectivity index (χ3v) is 6.49. The minimum Gasteiger partial charge on any atom is -0.489 e. The molecule has 0 fully saturated rings. The Bertz CT molecular complexity index is 1350. The van der Waals surface area contributed by atoms with Crippen molar-refractivity contribution in [2.24, 2.45) is 0 Å². The van der Waals surface area contributed by atoms with Gasteiger partial charge >= 0.3 is 0 Å². The predicted octanol–water partition coefficient (Wildman–Crippen LogP) is 5.63. The number of ether oxygens (including phenoxy) is 1. The summed E-state index contributed by atoms with van der Waals surface area (Å²) in [6.07, 6.45) is 0. The minimum atomic E-state index is -3.70. The summed E-state index contributed by atoms with van der Waals surface area (Å²) in [7, 11) is -3.70. The van der Waals surface area contributed by atoms with Gasteiger partial charge in [-0.05, 0) is 73.2 Å². The number of amides is 1. The fourth-order valence-electron chi connectivity index (χ4n) is 3.20. The average molecular weight is 473 g/mol. The van der Waals surface area contributed by atoms with E-state index >= 15 is 0 Å². The van der Waals surface area contributed by atoms with E-state index in [9.17, 15) is 13.2 Å². The molecule has 2 N–H and O–H groups in total. The first kappa shape index (κ1) is 23.1. The normalized spacial score (nSPS) is 11.0. The first-order valence-electron chi connectivity index (χ1n) is 10.7. The number of carbonyl (C=O) groups excluding carboxylic acids is 1. The largest absolute Gasteiger partial charge is 0.489 e. The number of nitrogens with one attached hydrogen (secondary N) is 2. The third kappa shape index (κ3) is 6.02. The van der Waals surface area contributed by atoms with E-state index < -0.39 is 10.0 Å². The van der Waals surface area contributed by atoms with Gasteiger partial charge in [0.1, 0.15) is 12.4 Å². The van der Waals surface area contributed by atoms with Gasteiger partial charge < -0.3 is 10.1 Å². The lowest BCUT2D eigenvalue weighted by Crippen LogP contribution is -2.14. The molecule has 0 spiro atoms. The van der Waals surface area contributed by atoms with Crippen molar-refractivity contribution in [2.45, 2.75) is 18.4 Å². The number of rotatable bonds is 8. The lowest BCUT2D eigenvalue weighted by atomic mass is 10.2. The first-order valence-corrected chi connectivity index (χ1v) is 12.2. The Morgan fingerprint density at radius 1 is 0.765 bits per heavy atom. The highest BCUT2D eigenvalue weighted by Gasteiger charge is 2.14. The van der Waals surface area contributed by atoms with Crippen LogP contribution in [-0.4, -0.2) is 14.3 Å². The zero-order valence-electron chi connectivity index (χ0n) is 18.6. The molecular formula is C27H24N2O4S. The summed E-state index contributed by atoms with van der Waals surface area (Å²) in [6.45, 7) is 2.36. The highest BCUT2D eigenvalue weighted by molar-refractivity contribution is 7.92. The third-order valence-electron chi connectivity index (χ3n) is 5.09. The van der Waals surface area contributed by atoms with E-state index in [1.165, 1.54) is 0 Å². The Morgan fingerprint density at radius 3 is 2.03 bits per heavy atom. The molecule has 0 bridgehead atoms. The maximum atomic E-state index is 12.6. The molecule has 0 aromatic heterocycles. The number of carbonyl (C=O) groups is 1.